The van der Waals surface area contributed by atoms with Gasteiger partial charge in [-0.15, -0.1) is 0 Å². The molecule has 1 fully saturated rings. The number of carbonyl (C=O) groups excluding carboxylic acids is 1. The van der Waals surface area contributed by atoms with Crippen LogP contribution >= 0.6 is 0 Å². The van der Waals surface area contributed by atoms with Gasteiger partial charge in [0.05, 0.1) is 4.90 Å². The fourth-order valence-corrected chi connectivity index (χ4v) is 5.36. The minimum absolute atomic E-state index is 0.0547. The summed E-state index contributed by atoms with van der Waals surface area (Å²) in [4.78, 5) is 23.5. The fraction of sp³-hybridized carbons (Fsp3) is 0.346. The molecular weight excluding hydrogens is 476 g/mol. The van der Waals surface area contributed by atoms with Crippen LogP contribution in [-0.4, -0.2) is 47.8 Å². The number of hydrogen-bond acceptors (Lipinski definition) is 7. The Morgan fingerprint density at radius 2 is 1.67 bits per heavy atom. The number of aromatic nitrogens is 2. The molecule has 10 heteroatoms. The van der Waals surface area contributed by atoms with Gasteiger partial charge in [-0.3, -0.25) is 4.79 Å². The zero-order chi connectivity index (χ0) is 25.9. The van der Waals surface area contributed by atoms with Crippen molar-refractivity contribution in [3.05, 3.63) is 65.9 Å². The Hall–Kier alpha value is -3.50. The standard InChI is InChI=1S/C26H32N6O3S/c1-18-17-27-25(29-20-12-10-19(11-13-20)24(33)32-14-5-6-15-32)30-23(18)28-21-8-7-9-22(16-21)36(34,35)31-26(2,3)4/h7-13,16-17,31H,5-6,14-15H2,1-4H3,(H2,27,28,29,30). The van der Waals surface area contributed by atoms with Crippen molar-refractivity contribution in [2.75, 3.05) is 23.7 Å². The van der Waals surface area contributed by atoms with E-state index in [2.05, 4.69) is 25.3 Å². The molecule has 1 aromatic heterocycles. The van der Waals surface area contributed by atoms with Crippen molar-refractivity contribution < 1.29 is 13.2 Å². The van der Waals surface area contributed by atoms with E-state index in [0.717, 1.165) is 37.2 Å². The van der Waals surface area contributed by atoms with Crippen LogP contribution in [0.15, 0.2) is 59.6 Å². The average molecular weight is 509 g/mol. The summed E-state index contributed by atoms with van der Waals surface area (Å²) in [5.41, 5.74) is 2.21. The first-order valence-corrected chi connectivity index (χ1v) is 13.4. The van der Waals surface area contributed by atoms with E-state index in [1.54, 1.807) is 63.4 Å². The third-order valence-corrected chi connectivity index (χ3v) is 7.36. The highest BCUT2D eigenvalue weighted by atomic mass is 32.2. The summed E-state index contributed by atoms with van der Waals surface area (Å²) in [5.74, 6) is 0.977. The highest BCUT2D eigenvalue weighted by Gasteiger charge is 2.22. The number of rotatable bonds is 7. The van der Waals surface area contributed by atoms with E-state index < -0.39 is 15.6 Å². The summed E-state index contributed by atoms with van der Waals surface area (Å²) in [5, 5.41) is 6.36. The normalized spacial score (nSPS) is 14.1. The van der Waals surface area contributed by atoms with E-state index in [1.807, 2.05) is 24.0 Å². The van der Waals surface area contributed by atoms with Crippen LogP contribution < -0.4 is 15.4 Å². The summed E-state index contributed by atoms with van der Waals surface area (Å²) < 4.78 is 28.1. The Morgan fingerprint density at radius 1 is 0.972 bits per heavy atom. The summed E-state index contributed by atoms with van der Waals surface area (Å²) in [6, 6.07) is 13.8. The molecule has 0 bridgehead atoms. The van der Waals surface area contributed by atoms with Crippen LogP contribution in [0, 0.1) is 6.92 Å². The van der Waals surface area contributed by atoms with Gasteiger partial charge in [0, 0.05) is 47.3 Å². The maximum absolute atomic E-state index is 12.7. The second kappa shape index (κ2) is 10.2. The quantitative estimate of drug-likeness (QED) is 0.428. The first kappa shape index (κ1) is 25.6. The molecule has 0 saturated carbocycles. The third-order valence-electron chi connectivity index (χ3n) is 5.60. The number of aryl methyl sites for hydroxylation is 1. The second-order valence-electron chi connectivity index (χ2n) is 9.94. The van der Waals surface area contributed by atoms with Crippen molar-refractivity contribution in [2.45, 2.75) is 51.0 Å². The van der Waals surface area contributed by atoms with E-state index in [0.29, 0.717) is 23.0 Å². The van der Waals surface area contributed by atoms with Crippen molar-refractivity contribution in [3.8, 4) is 0 Å². The summed E-state index contributed by atoms with van der Waals surface area (Å²) in [6.45, 7) is 8.88. The van der Waals surface area contributed by atoms with Crippen LogP contribution in [0.25, 0.3) is 0 Å². The molecule has 2 aromatic carbocycles. The minimum Gasteiger partial charge on any atom is -0.340 e. The van der Waals surface area contributed by atoms with Crippen LogP contribution in [0.4, 0.5) is 23.1 Å². The number of hydrogen-bond donors (Lipinski definition) is 3. The zero-order valence-corrected chi connectivity index (χ0v) is 21.8. The van der Waals surface area contributed by atoms with Gasteiger partial charge in [-0.2, -0.15) is 4.98 Å². The molecule has 4 rings (SSSR count). The van der Waals surface area contributed by atoms with Crippen molar-refractivity contribution in [1.82, 2.24) is 19.6 Å². The van der Waals surface area contributed by atoms with Crippen molar-refractivity contribution in [3.63, 3.8) is 0 Å². The molecule has 190 valence electrons. The van der Waals surface area contributed by atoms with Gasteiger partial charge >= 0.3 is 0 Å². The Labute approximate surface area is 212 Å². The molecule has 1 saturated heterocycles. The van der Waals surface area contributed by atoms with E-state index in [4.69, 9.17) is 0 Å². The highest BCUT2D eigenvalue weighted by Crippen LogP contribution is 2.24. The molecule has 1 aliphatic heterocycles. The monoisotopic (exact) mass is 508 g/mol. The van der Waals surface area contributed by atoms with E-state index >= 15 is 0 Å². The average Bonchev–Trinajstić information content (AvgIpc) is 3.35. The predicted octanol–water partition coefficient (Wildman–Crippen LogP) is 4.59. The Balaban J connectivity index is 1.48. The molecule has 3 N–H and O–H groups in total. The number of likely N-dealkylation sites (tertiary alicyclic amines) is 1. The van der Waals surface area contributed by atoms with Gasteiger partial charge in [-0.25, -0.2) is 18.1 Å². The maximum atomic E-state index is 12.7. The largest absolute Gasteiger partial charge is 0.340 e. The summed E-state index contributed by atoms with van der Waals surface area (Å²) in [7, 11) is -3.67. The van der Waals surface area contributed by atoms with Crippen LogP contribution in [0.2, 0.25) is 0 Å². The zero-order valence-electron chi connectivity index (χ0n) is 21.0. The van der Waals surface area contributed by atoms with Gasteiger partial charge < -0.3 is 15.5 Å². The van der Waals surface area contributed by atoms with Crippen molar-refractivity contribution in [2.24, 2.45) is 0 Å². The molecule has 0 spiro atoms. The molecule has 1 amide bonds. The number of sulfonamides is 1. The molecule has 36 heavy (non-hydrogen) atoms. The molecule has 0 aliphatic carbocycles. The van der Waals surface area contributed by atoms with Gasteiger partial charge in [0.1, 0.15) is 5.82 Å². The Morgan fingerprint density at radius 3 is 2.33 bits per heavy atom. The number of anilines is 4. The van der Waals surface area contributed by atoms with E-state index in [-0.39, 0.29) is 10.8 Å². The van der Waals surface area contributed by atoms with Crippen LogP contribution in [-0.2, 0) is 10.0 Å². The molecule has 9 nitrogen and oxygen atoms in total. The number of amides is 1. The van der Waals surface area contributed by atoms with Gasteiger partial charge in [0.25, 0.3) is 5.91 Å². The third kappa shape index (κ3) is 6.38. The lowest BCUT2D eigenvalue weighted by Crippen LogP contribution is -2.40. The predicted molar refractivity (Wildman–Crippen MR) is 141 cm³/mol. The van der Waals surface area contributed by atoms with Gasteiger partial charge in [0.2, 0.25) is 16.0 Å². The van der Waals surface area contributed by atoms with Crippen molar-refractivity contribution >= 4 is 39.1 Å². The highest BCUT2D eigenvalue weighted by molar-refractivity contribution is 7.89. The molecule has 0 atom stereocenters. The lowest BCUT2D eigenvalue weighted by atomic mass is 10.1. The second-order valence-corrected chi connectivity index (χ2v) is 11.6. The van der Waals surface area contributed by atoms with Gasteiger partial charge in [-0.05, 0) is 83.0 Å². The Bertz CT molecular complexity index is 1340. The first-order valence-electron chi connectivity index (χ1n) is 11.9. The molecule has 2 heterocycles. The van der Waals surface area contributed by atoms with Crippen LogP contribution in [0.1, 0.15) is 49.5 Å². The lowest BCUT2D eigenvalue weighted by molar-refractivity contribution is 0.0793. The van der Waals surface area contributed by atoms with Gasteiger partial charge in [-0.1, -0.05) is 6.07 Å². The van der Waals surface area contributed by atoms with E-state index in [9.17, 15) is 13.2 Å². The summed E-state index contributed by atoms with van der Waals surface area (Å²) in [6.07, 6.45) is 3.80. The minimum atomic E-state index is -3.67. The summed E-state index contributed by atoms with van der Waals surface area (Å²) >= 11 is 0. The maximum Gasteiger partial charge on any atom is 0.253 e. The first-order chi connectivity index (χ1) is 17.0. The number of benzene rings is 2. The van der Waals surface area contributed by atoms with Crippen molar-refractivity contribution in [1.29, 1.82) is 0 Å². The number of carbonyl (C=O) groups is 1. The smallest absolute Gasteiger partial charge is 0.253 e. The fourth-order valence-electron chi connectivity index (χ4n) is 3.90. The van der Waals surface area contributed by atoms with Gasteiger partial charge in [0.15, 0.2) is 0 Å². The molecule has 3 aromatic rings. The molecule has 1 aliphatic rings. The van der Waals surface area contributed by atoms with Crippen LogP contribution in [0.3, 0.4) is 0 Å². The molecular formula is C26H32N6O3S. The number of nitrogens with zero attached hydrogens (tertiary/aromatic N) is 3. The number of nitrogens with one attached hydrogen (secondary N) is 3. The lowest BCUT2D eigenvalue weighted by Gasteiger charge is -2.20. The molecule has 0 unspecified atom stereocenters. The van der Waals surface area contributed by atoms with Crippen LogP contribution in [0.5, 0.6) is 0 Å². The van der Waals surface area contributed by atoms with E-state index in [1.165, 1.54) is 0 Å². The SMILES string of the molecule is Cc1cnc(Nc2ccc(C(=O)N3CCCC3)cc2)nc1Nc1cccc(S(=O)(=O)NC(C)(C)C)c1. The Kier molecular flexibility index (Phi) is 7.28. The molecule has 0 radical (unpaired) electrons. The topological polar surface area (TPSA) is 116 Å².